The van der Waals surface area contributed by atoms with Gasteiger partial charge in [-0.1, -0.05) is 19.1 Å². The van der Waals surface area contributed by atoms with Crippen LogP contribution in [0.2, 0.25) is 0 Å². The van der Waals surface area contributed by atoms with Crippen LogP contribution in [0.5, 0.6) is 0 Å². The second kappa shape index (κ2) is 4.17. The topological polar surface area (TPSA) is 0 Å². The maximum Gasteiger partial charge on any atom is 0.159 e. The van der Waals surface area contributed by atoms with Gasteiger partial charge in [-0.3, -0.25) is 0 Å². The Bertz CT molecular complexity index is 327. The fourth-order valence-electron chi connectivity index (χ4n) is 1.27. The summed E-state index contributed by atoms with van der Waals surface area (Å²) in [5.74, 6) is -1.58. The van der Waals surface area contributed by atoms with Gasteiger partial charge < -0.3 is 0 Å². The molecule has 0 amide bonds. The summed E-state index contributed by atoms with van der Waals surface area (Å²) >= 11 is 0. The van der Waals surface area contributed by atoms with Gasteiger partial charge in [-0.2, -0.15) is 0 Å². The van der Waals surface area contributed by atoms with E-state index >= 15 is 0 Å². The first-order valence-electron chi connectivity index (χ1n) is 4.29. The van der Waals surface area contributed by atoms with Gasteiger partial charge in [0.15, 0.2) is 11.6 Å². The first kappa shape index (κ1) is 9.90. The van der Waals surface area contributed by atoms with E-state index in [1.165, 1.54) is 6.07 Å². The third-order valence-corrected chi connectivity index (χ3v) is 2.02. The molecule has 0 fully saturated rings. The maximum absolute atomic E-state index is 12.8. The van der Waals surface area contributed by atoms with E-state index in [9.17, 15) is 8.78 Å². The van der Waals surface area contributed by atoms with Crippen molar-refractivity contribution in [3.8, 4) is 0 Å². The Morgan fingerprint density at radius 2 is 2.00 bits per heavy atom. The van der Waals surface area contributed by atoms with Crippen LogP contribution in [-0.4, -0.2) is 0 Å². The number of halogens is 2. The lowest BCUT2D eigenvalue weighted by atomic mass is 10.0. The molecule has 0 nitrogen and oxygen atoms in total. The van der Waals surface area contributed by atoms with Gasteiger partial charge in [0, 0.05) is 0 Å². The number of rotatable bonds is 2. The quantitative estimate of drug-likeness (QED) is 0.653. The highest BCUT2D eigenvalue weighted by Crippen LogP contribution is 2.19. The van der Waals surface area contributed by atoms with Gasteiger partial charge in [-0.25, -0.2) is 8.78 Å². The van der Waals surface area contributed by atoms with E-state index in [1.54, 1.807) is 6.07 Å². The smallest absolute Gasteiger partial charge is 0.159 e. The Morgan fingerprint density at radius 3 is 2.46 bits per heavy atom. The van der Waals surface area contributed by atoms with E-state index in [0.717, 1.165) is 23.6 Å². The summed E-state index contributed by atoms with van der Waals surface area (Å²) in [6, 6.07) is 3.98. The molecule has 2 heteroatoms. The van der Waals surface area contributed by atoms with Gasteiger partial charge in [0.25, 0.3) is 0 Å². The molecule has 0 atom stereocenters. The van der Waals surface area contributed by atoms with Crippen molar-refractivity contribution in [2.45, 2.75) is 20.3 Å². The Kier molecular flexibility index (Phi) is 3.18. The Morgan fingerprint density at radius 1 is 1.31 bits per heavy atom. The fraction of sp³-hybridized carbons (Fsp3) is 0.273. The van der Waals surface area contributed by atoms with E-state index in [-0.39, 0.29) is 0 Å². The van der Waals surface area contributed by atoms with E-state index < -0.39 is 11.6 Å². The van der Waals surface area contributed by atoms with Crippen molar-refractivity contribution >= 4 is 5.57 Å². The monoisotopic (exact) mass is 182 g/mol. The second-order valence-electron chi connectivity index (χ2n) is 2.80. The van der Waals surface area contributed by atoms with Crippen molar-refractivity contribution in [1.29, 1.82) is 0 Å². The molecular formula is C11H12F2. The molecule has 1 rings (SSSR count). The van der Waals surface area contributed by atoms with E-state index in [2.05, 4.69) is 0 Å². The number of hydrogen-bond donors (Lipinski definition) is 0. The van der Waals surface area contributed by atoms with Crippen molar-refractivity contribution in [2.24, 2.45) is 0 Å². The average molecular weight is 182 g/mol. The minimum Gasteiger partial charge on any atom is -0.204 e. The summed E-state index contributed by atoms with van der Waals surface area (Å²) in [4.78, 5) is 0. The van der Waals surface area contributed by atoms with Crippen LogP contribution >= 0.6 is 0 Å². The van der Waals surface area contributed by atoms with Crippen LogP contribution in [0, 0.1) is 11.6 Å². The molecule has 0 heterocycles. The SMILES string of the molecule is C/C=C(\CC)c1ccc(F)c(F)c1. The zero-order valence-electron chi connectivity index (χ0n) is 7.77. The Labute approximate surface area is 76.9 Å². The highest BCUT2D eigenvalue weighted by Gasteiger charge is 2.04. The van der Waals surface area contributed by atoms with Gasteiger partial charge in [0.2, 0.25) is 0 Å². The van der Waals surface area contributed by atoms with Gasteiger partial charge >= 0.3 is 0 Å². The molecule has 0 saturated heterocycles. The molecule has 0 aromatic heterocycles. The minimum absolute atomic E-state index is 0.754. The van der Waals surface area contributed by atoms with Crippen molar-refractivity contribution < 1.29 is 8.78 Å². The summed E-state index contributed by atoms with van der Waals surface area (Å²) in [7, 11) is 0. The lowest BCUT2D eigenvalue weighted by Gasteiger charge is -2.04. The van der Waals surface area contributed by atoms with E-state index in [4.69, 9.17) is 0 Å². The fourth-order valence-corrected chi connectivity index (χ4v) is 1.27. The van der Waals surface area contributed by atoms with Crippen LogP contribution < -0.4 is 0 Å². The van der Waals surface area contributed by atoms with Crippen molar-refractivity contribution in [3.63, 3.8) is 0 Å². The van der Waals surface area contributed by atoms with Crippen LogP contribution in [0.3, 0.4) is 0 Å². The molecule has 0 bridgehead atoms. The first-order valence-corrected chi connectivity index (χ1v) is 4.29. The Hall–Kier alpha value is -1.18. The van der Waals surface area contributed by atoms with E-state index in [1.807, 2.05) is 19.9 Å². The van der Waals surface area contributed by atoms with Crippen LogP contribution in [0.15, 0.2) is 24.3 Å². The molecule has 0 aliphatic rings. The summed E-state index contributed by atoms with van der Waals surface area (Å²) in [5, 5.41) is 0. The normalized spacial score (nSPS) is 11.8. The summed E-state index contributed by atoms with van der Waals surface area (Å²) in [6.45, 7) is 3.87. The zero-order chi connectivity index (χ0) is 9.84. The largest absolute Gasteiger partial charge is 0.204 e. The van der Waals surface area contributed by atoms with Gasteiger partial charge in [0.05, 0.1) is 0 Å². The van der Waals surface area contributed by atoms with Crippen molar-refractivity contribution in [2.75, 3.05) is 0 Å². The molecule has 0 aliphatic carbocycles. The highest BCUT2D eigenvalue weighted by molar-refractivity contribution is 5.64. The summed E-state index contributed by atoms with van der Waals surface area (Å²) < 4.78 is 25.4. The van der Waals surface area contributed by atoms with Gasteiger partial charge in [-0.05, 0) is 36.6 Å². The average Bonchev–Trinajstić information content (AvgIpc) is 2.13. The first-order chi connectivity index (χ1) is 6.19. The second-order valence-corrected chi connectivity index (χ2v) is 2.80. The molecule has 0 unspecified atom stereocenters. The summed E-state index contributed by atoms with van der Waals surface area (Å²) in [6.07, 6.45) is 2.73. The molecule has 1 aromatic carbocycles. The standard InChI is InChI=1S/C11H12F2/c1-3-8(4-2)9-5-6-10(12)11(13)7-9/h3,5-7H,4H2,1-2H3/b8-3+. The number of hydrogen-bond acceptors (Lipinski definition) is 0. The third-order valence-electron chi connectivity index (χ3n) is 2.02. The molecule has 0 spiro atoms. The zero-order valence-corrected chi connectivity index (χ0v) is 7.77. The predicted molar refractivity (Wildman–Crippen MR) is 50.3 cm³/mol. The number of benzene rings is 1. The lowest BCUT2D eigenvalue weighted by Crippen LogP contribution is -1.88. The van der Waals surface area contributed by atoms with Crippen molar-refractivity contribution in [3.05, 3.63) is 41.5 Å². The van der Waals surface area contributed by atoms with Crippen LogP contribution in [0.4, 0.5) is 8.78 Å². The number of allylic oxidation sites excluding steroid dienone is 2. The highest BCUT2D eigenvalue weighted by atomic mass is 19.2. The van der Waals surface area contributed by atoms with Gasteiger partial charge in [-0.15, -0.1) is 0 Å². The molecule has 70 valence electrons. The molecule has 0 N–H and O–H groups in total. The molecule has 0 aliphatic heterocycles. The Balaban J connectivity index is 3.10. The van der Waals surface area contributed by atoms with Gasteiger partial charge in [0.1, 0.15) is 0 Å². The predicted octanol–water partition coefficient (Wildman–Crippen LogP) is 3.78. The van der Waals surface area contributed by atoms with Crippen molar-refractivity contribution in [1.82, 2.24) is 0 Å². The lowest BCUT2D eigenvalue weighted by molar-refractivity contribution is 0.508. The molecule has 0 radical (unpaired) electrons. The third kappa shape index (κ3) is 2.14. The molecule has 1 aromatic rings. The van der Waals surface area contributed by atoms with Crippen LogP contribution in [-0.2, 0) is 0 Å². The molecular weight excluding hydrogens is 170 g/mol. The molecule has 0 saturated carbocycles. The van der Waals surface area contributed by atoms with E-state index in [0.29, 0.717) is 0 Å². The minimum atomic E-state index is -0.796. The summed E-state index contributed by atoms with van der Waals surface area (Å²) in [5.41, 5.74) is 1.78. The molecule has 13 heavy (non-hydrogen) atoms. The maximum atomic E-state index is 12.8. The van der Waals surface area contributed by atoms with Crippen LogP contribution in [0.25, 0.3) is 5.57 Å². The van der Waals surface area contributed by atoms with Crippen LogP contribution in [0.1, 0.15) is 25.8 Å².